The molecule has 2 N–H and O–H groups in total. The molecule has 1 aromatic carbocycles. The van der Waals surface area contributed by atoms with Gasteiger partial charge in [-0.2, -0.15) is 0 Å². The summed E-state index contributed by atoms with van der Waals surface area (Å²) in [4.78, 5) is 13.7. The smallest absolute Gasteiger partial charge is 0.239 e. The Hall–Kier alpha value is -1.55. The Bertz CT molecular complexity index is 420. The highest BCUT2D eigenvalue weighted by Gasteiger charge is 2.25. The van der Waals surface area contributed by atoms with Crippen LogP contribution in [-0.2, 0) is 11.2 Å². The predicted molar refractivity (Wildman–Crippen MR) is 70.5 cm³/mol. The molecule has 0 aliphatic carbocycles. The quantitative estimate of drug-likeness (QED) is 0.870. The zero-order chi connectivity index (χ0) is 13.0. The zero-order valence-electron chi connectivity index (χ0n) is 10.8. The second-order valence-corrected chi connectivity index (χ2v) is 4.64. The molecule has 1 aliphatic rings. The Balaban J connectivity index is 1.96. The number of hydrogen-bond acceptors (Lipinski definition) is 3. The predicted octanol–water partition coefficient (Wildman–Crippen LogP) is 1.19. The maximum atomic E-state index is 11.9. The lowest BCUT2D eigenvalue weighted by Gasteiger charge is -2.30. The van der Waals surface area contributed by atoms with E-state index in [0.717, 1.165) is 37.1 Å². The standard InChI is InChI=1S/C14H20N2O2/c1-18-13-7-3-2-5-11(13)8-10-16-9-4-6-12(15)14(16)17/h2-3,5,7,12H,4,6,8-10,15H2,1H3. The van der Waals surface area contributed by atoms with Crippen molar-refractivity contribution >= 4 is 5.91 Å². The second-order valence-electron chi connectivity index (χ2n) is 4.64. The number of amides is 1. The van der Waals surface area contributed by atoms with Crippen LogP contribution in [0.2, 0.25) is 0 Å². The first-order chi connectivity index (χ1) is 8.72. The van der Waals surface area contributed by atoms with Crippen molar-refractivity contribution < 1.29 is 9.53 Å². The Morgan fingerprint density at radius 1 is 1.44 bits per heavy atom. The minimum absolute atomic E-state index is 0.0798. The number of benzene rings is 1. The van der Waals surface area contributed by atoms with Crippen LogP contribution in [0.25, 0.3) is 0 Å². The Labute approximate surface area is 108 Å². The van der Waals surface area contributed by atoms with E-state index in [1.807, 2.05) is 29.2 Å². The van der Waals surface area contributed by atoms with Crippen molar-refractivity contribution in [3.63, 3.8) is 0 Å². The van der Waals surface area contributed by atoms with Crippen LogP contribution in [0.5, 0.6) is 5.75 Å². The summed E-state index contributed by atoms with van der Waals surface area (Å²) in [5, 5.41) is 0. The van der Waals surface area contributed by atoms with Gasteiger partial charge in [0.05, 0.1) is 13.2 Å². The van der Waals surface area contributed by atoms with Crippen molar-refractivity contribution in [2.24, 2.45) is 5.73 Å². The van der Waals surface area contributed by atoms with Crippen LogP contribution in [0.4, 0.5) is 0 Å². The van der Waals surface area contributed by atoms with Crippen molar-refractivity contribution in [3.8, 4) is 5.75 Å². The Morgan fingerprint density at radius 3 is 3.00 bits per heavy atom. The van der Waals surface area contributed by atoms with Gasteiger partial charge in [-0.3, -0.25) is 4.79 Å². The van der Waals surface area contributed by atoms with Crippen LogP contribution in [0.15, 0.2) is 24.3 Å². The van der Waals surface area contributed by atoms with Gasteiger partial charge in [0, 0.05) is 13.1 Å². The molecule has 1 unspecified atom stereocenters. The third kappa shape index (κ3) is 2.82. The summed E-state index contributed by atoms with van der Waals surface area (Å²) in [6.07, 6.45) is 2.62. The van der Waals surface area contributed by atoms with E-state index in [-0.39, 0.29) is 11.9 Å². The SMILES string of the molecule is COc1ccccc1CCN1CCCC(N)C1=O. The minimum Gasteiger partial charge on any atom is -0.496 e. The van der Waals surface area contributed by atoms with Gasteiger partial charge in [-0.15, -0.1) is 0 Å². The van der Waals surface area contributed by atoms with Crippen LogP contribution in [0.1, 0.15) is 18.4 Å². The van der Waals surface area contributed by atoms with E-state index >= 15 is 0 Å². The summed E-state index contributed by atoms with van der Waals surface area (Å²) >= 11 is 0. The van der Waals surface area contributed by atoms with Crippen molar-refractivity contribution in [1.29, 1.82) is 0 Å². The van der Waals surface area contributed by atoms with Crippen LogP contribution >= 0.6 is 0 Å². The molecule has 0 saturated carbocycles. The van der Waals surface area contributed by atoms with E-state index in [2.05, 4.69) is 0 Å². The zero-order valence-corrected chi connectivity index (χ0v) is 10.8. The van der Waals surface area contributed by atoms with Gasteiger partial charge in [-0.25, -0.2) is 0 Å². The molecular weight excluding hydrogens is 228 g/mol. The molecule has 2 rings (SSSR count). The van der Waals surface area contributed by atoms with E-state index in [1.54, 1.807) is 7.11 Å². The largest absolute Gasteiger partial charge is 0.496 e. The van der Waals surface area contributed by atoms with E-state index in [1.165, 1.54) is 0 Å². The summed E-state index contributed by atoms with van der Waals surface area (Å²) in [6, 6.07) is 7.61. The number of carbonyl (C=O) groups excluding carboxylic acids is 1. The molecule has 1 aliphatic heterocycles. The fourth-order valence-electron chi connectivity index (χ4n) is 2.36. The molecule has 98 valence electrons. The number of piperidine rings is 1. The average molecular weight is 248 g/mol. The molecule has 1 heterocycles. The number of nitrogens with zero attached hydrogens (tertiary/aromatic N) is 1. The minimum atomic E-state index is -0.309. The van der Waals surface area contributed by atoms with Crippen molar-refractivity contribution in [3.05, 3.63) is 29.8 Å². The van der Waals surface area contributed by atoms with Crippen LogP contribution < -0.4 is 10.5 Å². The monoisotopic (exact) mass is 248 g/mol. The number of para-hydroxylation sites is 1. The summed E-state index contributed by atoms with van der Waals surface area (Å²) in [7, 11) is 1.67. The first-order valence-electron chi connectivity index (χ1n) is 6.38. The molecule has 1 atom stereocenters. The molecule has 1 aromatic rings. The molecular formula is C14H20N2O2. The average Bonchev–Trinajstić information content (AvgIpc) is 2.41. The van der Waals surface area contributed by atoms with Crippen LogP contribution in [0, 0.1) is 0 Å². The summed E-state index contributed by atoms with van der Waals surface area (Å²) < 4.78 is 5.31. The molecule has 0 spiro atoms. The van der Waals surface area contributed by atoms with E-state index in [0.29, 0.717) is 6.54 Å². The third-order valence-corrected chi connectivity index (χ3v) is 3.42. The van der Waals surface area contributed by atoms with E-state index < -0.39 is 0 Å². The fourth-order valence-corrected chi connectivity index (χ4v) is 2.36. The topological polar surface area (TPSA) is 55.6 Å². The first-order valence-corrected chi connectivity index (χ1v) is 6.38. The van der Waals surface area contributed by atoms with Crippen molar-refractivity contribution in [2.45, 2.75) is 25.3 Å². The maximum Gasteiger partial charge on any atom is 0.239 e. The van der Waals surface area contributed by atoms with Gasteiger partial charge in [0.1, 0.15) is 5.75 Å². The molecule has 4 nitrogen and oxygen atoms in total. The Morgan fingerprint density at radius 2 is 2.22 bits per heavy atom. The summed E-state index contributed by atoms with van der Waals surface area (Å²) in [5.41, 5.74) is 6.91. The highest BCUT2D eigenvalue weighted by Crippen LogP contribution is 2.19. The summed E-state index contributed by atoms with van der Waals surface area (Å²) in [6.45, 7) is 1.54. The van der Waals surface area contributed by atoms with Crippen molar-refractivity contribution in [1.82, 2.24) is 4.90 Å². The third-order valence-electron chi connectivity index (χ3n) is 3.42. The van der Waals surface area contributed by atoms with Crippen LogP contribution in [-0.4, -0.2) is 37.0 Å². The summed E-state index contributed by atoms with van der Waals surface area (Å²) in [5.74, 6) is 0.961. The number of rotatable bonds is 4. The molecule has 18 heavy (non-hydrogen) atoms. The molecule has 1 fully saturated rings. The number of nitrogens with two attached hydrogens (primary N) is 1. The van der Waals surface area contributed by atoms with Crippen LogP contribution in [0.3, 0.4) is 0 Å². The van der Waals surface area contributed by atoms with Gasteiger partial charge in [-0.05, 0) is 30.9 Å². The number of carbonyl (C=O) groups is 1. The van der Waals surface area contributed by atoms with E-state index in [9.17, 15) is 4.79 Å². The Kier molecular flexibility index (Phi) is 4.20. The number of ether oxygens (including phenoxy) is 1. The van der Waals surface area contributed by atoms with Gasteiger partial charge < -0.3 is 15.4 Å². The second kappa shape index (κ2) is 5.87. The lowest BCUT2D eigenvalue weighted by Crippen LogP contribution is -2.48. The first kappa shape index (κ1) is 12.9. The lowest BCUT2D eigenvalue weighted by molar-refractivity contribution is -0.134. The molecule has 4 heteroatoms. The number of methoxy groups -OCH3 is 1. The maximum absolute atomic E-state index is 11.9. The highest BCUT2D eigenvalue weighted by molar-refractivity contribution is 5.82. The molecule has 0 bridgehead atoms. The van der Waals surface area contributed by atoms with E-state index in [4.69, 9.17) is 10.5 Å². The molecule has 0 radical (unpaired) electrons. The van der Waals surface area contributed by atoms with Gasteiger partial charge in [0.15, 0.2) is 0 Å². The van der Waals surface area contributed by atoms with Gasteiger partial charge >= 0.3 is 0 Å². The molecule has 1 amide bonds. The molecule has 0 aromatic heterocycles. The van der Waals surface area contributed by atoms with Crippen molar-refractivity contribution in [2.75, 3.05) is 20.2 Å². The fraction of sp³-hybridized carbons (Fsp3) is 0.500. The van der Waals surface area contributed by atoms with Gasteiger partial charge in [0.2, 0.25) is 5.91 Å². The lowest BCUT2D eigenvalue weighted by atomic mass is 10.0. The number of hydrogen-bond donors (Lipinski definition) is 1. The van der Waals surface area contributed by atoms with Gasteiger partial charge in [-0.1, -0.05) is 18.2 Å². The normalized spacial score (nSPS) is 20.0. The number of likely N-dealkylation sites (tertiary alicyclic amines) is 1. The van der Waals surface area contributed by atoms with Gasteiger partial charge in [0.25, 0.3) is 0 Å². The highest BCUT2D eigenvalue weighted by atomic mass is 16.5. The molecule has 1 saturated heterocycles.